The Labute approximate surface area is 94.6 Å². The molecule has 1 aromatic carbocycles. The number of hydrogen-bond donors (Lipinski definition) is 1. The molecule has 0 aliphatic rings. The molecular formula is C13H14N2O. The van der Waals surface area contributed by atoms with Gasteiger partial charge in [-0.3, -0.25) is 4.98 Å². The van der Waals surface area contributed by atoms with Crippen LogP contribution in [-0.2, 0) is 0 Å². The number of ether oxygens (including phenoxy) is 1. The number of methoxy groups -OCH3 is 1. The molecule has 0 amide bonds. The zero-order chi connectivity index (χ0) is 11.5. The van der Waals surface area contributed by atoms with Crippen molar-refractivity contribution in [3.8, 4) is 5.75 Å². The fourth-order valence-corrected chi connectivity index (χ4v) is 1.69. The van der Waals surface area contributed by atoms with E-state index < -0.39 is 0 Å². The maximum atomic E-state index is 5.97. The molecule has 1 aromatic heterocycles. The molecule has 0 bridgehead atoms. The summed E-state index contributed by atoms with van der Waals surface area (Å²) in [7, 11) is 1.64. The molecule has 1 atom stereocenters. The second kappa shape index (κ2) is 4.33. The molecule has 2 aromatic rings. The van der Waals surface area contributed by atoms with Gasteiger partial charge in [0.1, 0.15) is 5.75 Å². The smallest absolute Gasteiger partial charge is 0.119 e. The Kier molecular flexibility index (Phi) is 2.88. The van der Waals surface area contributed by atoms with Gasteiger partial charge in [-0.1, -0.05) is 6.08 Å². The van der Waals surface area contributed by atoms with Crippen molar-refractivity contribution in [2.75, 3.05) is 7.11 Å². The summed E-state index contributed by atoms with van der Waals surface area (Å²) in [4.78, 5) is 4.29. The first-order valence-electron chi connectivity index (χ1n) is 5.07. The lowest BCUT2D eigenvalue weighted by molar-refractivity contribution is 0.415. The molecule has 2 rings (SSSR count). The highest BCUT2D eigenvalue weighted by Gasteiger charge is 2.07. The summed E-state index contributed by atoms with van der Waals surface area (Å²) >= 11 is 0. The Bertz CT molecular complexity index is 522. The zero-order valence-electron chi connectivity index (χ0n) is 9.18. The summed E-state index contributed by atoms with van der Waals surface area (Å²) in [5.41, 5.74) is 7.89. The van der Waals surface area contributed by atoms with Gasteiger partial charge in [0.2, 0.25) is 0 Å². The van der Waals surface area contributed by atoms with E-state index in [9.17, 15) is 0 Å². The molecule has 0 aliphatic carbocycles. The van der Waals surface area contributed by atoms with Crippen LogP contribution in [0.4, 0.5) is 0 Å². The Hall–Kier alpha value is -1.87. The number of nitrogens with two attached hydrogens (primary N) is 1. The molecule has 3 nitrogen and oxygen atoms in total. The van der Waals surface area contributed by atoms with Crippen LogP contribution >= 0.6 is 0 Å². The van der Waals surface area contributed by atoms with E-state index in [0.717, 1.165) is 22.2 Å². The number of hydrogen-bond acceptors (Lipinski definition) is 3. The summed E-state index contributed by atoms with van der Waals surface area (Å²) in [6.45, 7) is 3.71. The summed E-state index contributed by atoms with van der Waals surface area (Å²) in [6, 6.07) is 7.49. The first-order chi connectivity index (χ1) is 7.76. The van der Waals surface area contributed by atoms with E-state index >= 15 is 0 Å². The number of rotatable bonds is 3. The van der Waals surface area contributed by atoms with E-state index in [2.05, 4.69) is 11.6 Å². The monoisotopic (exact) mass is 214 g/mol. The lowest BCUT2D eigenvalue weighted by atomic mass is 10.0. The molecular weight excluding hydrogens is 200 g/mol. The van der Waals surface area contributed by atoms with Gasteiger partial charge >= 0.3 is 0 Å². The van der Waals surface area contributed by atoms with Crippen molar-refractivity contribution in [3.05, 3.63) is 48.7 Å². The zero-order valence-corrected chi connectivity index (χ0v) is 9.18. The van der Waals surface area contributed by atoms with Crippen molar-refractivity contribution < 1.29 is 4.74 Å². The fraction of sp³-hybridized carbons (Fsp3) is 0.154. The van der Waals surface area contributed by atoms with Crippen LogP contribution in [0.1, 0.15) is 11.6 Å². The predicted molar refractivity (Wildman–Crippen MR) is 65.4 cm³/mol. The molecule has 0 spiro atoms. The third-order valence-electron chi connectivity index (χ3n) is 2.60. The SMILES string of the molecule is C=CC(N)c1ccnc2ccc(OC)cc12. The lowest BCUT2D eigenvalue weighted by Gasteiger charge is -2.11. The average Bonchev–Trinajstić information content (AvgIpc) is 2.36. The van der Waals surface area contributed by atoms with Crippen LogP contribution in [0.15, 0.2) is 43.1 Å². The highest BCUT2D eigenvalue weighted by Crippen LogP contribution is 2.25. The van der Waals surface area contributed by atoms with Crippen molar-refractivity contribution in [2.24, 2.45) is 5.73 Å². The van der Waals surface area contributed by atoms with Gasteiger partial charge in [0.05, 0.1) is 12.6 Å². The molecule has 0 fully saturated rings. The second-order valence-electron chi connectivity index (χ2n) is 3.54. The standard InChI is InChI=1S/C13H14N2O/c1-3-12(14)10-6-7-15-13-5-4-9(16-2)8-11(10)13/h3-8,12H,1,14H2,2H3. The molecule has 1 unspecified atom stereocenters. The van der Waals surface area contributed by atoms with Gasteiger partial charge < -0.3 is 10.5 Å². The van der Waals surface area contributed by atoms with Crippen molar-refractivity contribution >= 4 is 10.9 Å². The topological polar surface area (TPSA) is 48.1 Å². The number of aromatic nitrogens is 1. The lowest BCUT2D eigenvalue weighted by Crippen LogP contribution is -2.07. The van der Waals surface area contributed by atoms with Crippen molar-refractivity contribution in [2.45, 2.75) is 6.04 Å². The predicted octanol–water partition coefficient (Wildman–Crippen LogP) is 2.43. The van der Waals surface area contributed by atoms with Gasteiger partial charge in [0.15, 0.2) is 0 Å². The molecule has 0 aliphatic heterocycles. The Morgan fingerprint density at radius 2 is 2.25 bits per heavy atom. The van der Waals surface area contributed by atoms with E-state index in [0.29, 0.717) is 0 Å². The molecule has 16 heavy (non-hydrogen) atoms. The second-order valence-corrected chi connectivity index (χ2v) is 3.54. The van der Waals surface area contributed by atoms with Gasteiger partial charge in [0, 0.05) is 17.6 Å². The number of fused-ring (bicyclic) bond motifs is 1. The van der Waals surface area contributed by atoms with Crippen LogP contribution in [-0.4, -0.2) is 12.1 Å². The maximum absolute atomic E-state index is 5.97. The highest BCUT2D eigenvalue weighted by molar-refractivity contribution is 5.84. The first kappa shape index (κ1) is 10.6. The van der Waals surface area contributed by atoms with Crippen molar-refractivity contribution in [1.29, 1.82) is 0 Å². The van der Waals surface area contributed by atoms with E-state index in [1.54, 1.807) is 19.4 Å². The van der Waals surface area contributed by atoms with Gasteiger partial charge in [-0.25, -0.2) is 0 Å². The first-order valence-corrected chi connectivity index (χ1v) is 5.07. The Balaban J connectivity index is 2.68. The van der Waals surface area contributed by atoms with Crippen LogP contribution in [0.5, 0.6) is 5.75 Å². The number of nitrogens with zero attached hydrogens (tertiary/aromatic N) is 1. The largest absolute Gasteiger partial charge is 0.497 e. The minimum Gasteiger partial charge on any atom is -0.497 e. The van der Waals surface area contributed by atoms with E-state index in [-0.39, 0.29) is 6.04 Å². The van der Waals surface area contributed by atoms with Crippen LogP contribution in [0, 0.1) is 0 Å². The number of benzene rings is 1. The molecule has 0 saturated carbocycles. The van der Waals surface area contributed by atoms with Crippen LogP contribution < -0.4 is 10.5 Å². The quantitative estimate of drug-likeness (QED) is 0.798. The minimum absolute atomic E-state index is 0.183. The van der Waals surface area contributed by atoms with Gasteiger partial charge in [-0.05, 0) is 29.8 Å². The summed E-state index contributed by atoms with van der Waals surface area (Å²) in [5, 5.41) is 1.01. The van der Waals surface area contributed by atoms with Crippen LogP contribution in [0.25, 0.3) is 10.9 Å². The van der Waals surface area contributed by atoms with Crippen molar-refractivity contribution in [3.63, 3.8) is 0 Å². The van der Waals surface area contributed by atoms with Crippen LogP contribution in [0.3, 0.4) is 0 Å². The molecule has 0 saturated heterocycles. The normalized spacial score (nSPS) is 12.4. The van der Waals surface area contributed by atoms with Crippen LogP contribution in [0.2, 0.25) is 0 Å². The average molecular weight is 214 g/mol. The van der Waals surface area contributed by atoms with Gasteiger partial charge in [-0.15, -0.1) is 6.58 Å². The minimum atomic E-state index is -0.183. The third-order valence-corrected chi connectivity index (χ3v) is 2.60. The molecule has 1 heterocycles. The molecule has 82 valence electrons. The molecule has 3 heteroatoms. The van der Waals surface area contributed by atoms with Gasteiger partial charge in [-0.2, -0.15) is 0 Å². The van der Waals surface area contributed by atoms with E-state index in [1.165, 1.54) is 0 Å². The third kappa shape index (κ3) is 1.77. The summed E-state index contributed by atoms with van der Waals surface area (Å²) in [6.07, 6.45) is 3.47. The Morgan fingerprint density at radius 3 is 2.94 bits per heavy atom. The molecule has 2 N–H and O–H groups in total. The van der Waals surface area contributed by atoms with Gasteiger partial charge in [0.25, 0.3) is 0 Å². The van der Waals surface area contributed by atoms with E-state index in [1.807, 2.05) is 24.3 Å². The highest BCUT2D eigenvalue weighted by atomic mass is 16.5. The summed E-state index contributed by atoms with van der Waals surface area (Å²) in [5.74, 6) is 0.804. The molecule has 0 radical (unpaired) electrons. The van der Waals surface area contributed by atoms with Crippen molar-refractivity contribution in [1.82, 2.24) is 4.98 Å². The Morgan fingerprint density at radius 1 is 1.44 bits per heavy atom. The van der Waals surface area contributed by atoms with E-state index in [4.69, 9.17) is 10.5 Å². The summed E-state index contributed by atoms with van der Waals surface area (Å²) < 4.78 is 5.20. The maximum Gasteiger partial charge on any atom is 0.119 e. The fourth-order valence-electron chi connectivity index (χ4n) is 1.69. The number of pyridine rings is 1.